The smallest absolute Gasteiger partial charge is 0.225 e. The van der Waals surface area contributed by atoms with Crippen molar-refractivity contribution in [3.8, 4) is 0 Å². The van der Waals surface area contributed by atoms with Gasteiger partial charge in [-0.2, -0.15) is 0 Å². The van der Waals surface area contributed by atoms with Gasteiger partial charge in [0, 0.05) is 30.6 Å². The van der Waals surface area contributed by atoms with Crippen molar-refractivity contribution < 1.29 is 9.59 Å². The molecule has 1 atom stereocenters. The molecular formula is C17H19N3O2S. The van der Waals surface area contributed by atoms with Crippen molar-refractivity contribution in [3.63, 3.8) is 0 Å². The second-order valence-corrected chi connectivity index (χ2v) is 6.70. The van der Waals surface area contributed by atoms with Crippen LogP contribution in [-0.2, 0) is 22.7 Å². The molecule has 0 unspecified atom stereocenters. The number of amides is 2. The SMILES string of the molecule is Cc1csc(CNC(=O)[C@H]2CC(=O)N(Cc3ccccc3)C2)n1. The van der Waals surface area contributed by atoms with Crippen LogP contribution in [0.5, 0.6) is 0 Å². The lowest BCUT2D eigenvalue weighted by molar-refractivity contribution is -0.129. The van der Waals surface area contributed by atoms with Crippen LogP contribution in [0.15, 0.2) is 35.7 Å². The predicted octanol–water partition coefficient (Wildman–Crippen LogP) is 2.12. The molecule has 2 heterocycles. The Bertz CT molecular complexity index is 699. The standard InChI is InChI=1S/C17H19N3O2S/c1-12-11-23-15(19-12)8-18-17(22)14-7-16(21)20(10-14)9-13-5-3-2-4-6-13/h2-6,11,14H,7-10H2,1H3,(H,18,22)/t14-/m0/s1. The van der Waals surface area contributed by atoms with E-state index < -0.39 is 0 Å². The van der Waals surface area contributed by atoms with Gasteiger partial charge in [0.15, 0.2) is 0 Å². The maximum absolute atomic E-state index is 12.3. The molecule has 3 rings (SSSR count). The molecule has 0 spiro atoms. The first-order chi connectivity index (χ1) is 11.1. The first-order valence-electron chi connectivity index (χ1n) is 7.62. The number of thiazole rings is 1. The van der Waals surface area contributed by atoms with Gasteiger partial charge in [-0.3, -0.25) is 9.59 Å². The molecule has 1 saturated heterocycles. The van der Waals surface area contributed by atoms with Crippen LogP contribution in [0.1, 0.15) is 22.7 Å². The molecule has 0 saturated carbocycles. The lowest BCUT2D eigenvalue weighted by Gasteiger charge is -2.16. The van der Waals surface area contributed by atoms with Gasteiger partial charge >= 0.3 is 0 Å². The second-order valence-electron chi connectivity index (χ2n) is 5.76. The van der Waals surface area contributed by atoms with Gasteiger partial charge in [0.1, 0.15) is 5.01 Å². The number of nitrogens with zero attached hydrogens (tertiary/aromatic N) is 2. The van der Waals surface area contributed by atoms with Gasteiger partial charge in [0.25, 0.3) is 0 Å². The summed E-state index contributed by atoms with van der Waals surface area (Å²) in [4.78, 5) is 30.4. The molecule has 6 heteroatoms. The molecule has 1 N–H and O–H groups in total. The van der Waals surface area contributed by atoms with Crippen molar-refractivity contribution in [3.05, 3.63) is 52.0 Å². The summed E-state index contributed by atoms with van der Waals surface area (Å²) in [7, 11) is 0. The average molecular weight is 329 g/mol. The number of hydrogen-bond acceptors (Lipinski definition) is 4. The molecule has 1 aromatic heterocycles. The van der Waals surface area contributed by atoms with E-state index >= 15 is 0 Å². The highest BCUT2D eigenvalue weighted by molar-refractivity contribution is 7.09. The van der Waals surface area contributed by atoms with E-state index in [1.54, 1.807) is 4.90 Å². The van der Waals surface area contributed by atoms with Crippen molar-refractivity contribution >= 4 is 23.2 Å². The molecular weight excluding hydrogens is 310 g/mol. The van der Waals surface area contributed by atoms with Gasteiger partial charge in [-0.25, -0.2) is 4.98 Å². The Morgan fingerprint density at radius 2 is 2.17 bits per heavy atom. The zero-order valence-corrected chi connectivity index (χ0v) is 13.8. The summed E-state index contributed by atoms with van der Waals surface area (Å²) in [5.74, 6) is -0.298. The highest BCUT2D eigenvalue weighted by atomic mass is 32.1. The van der Waals surface area contributed by atoms with E-state index in [1.165, 1.54) is 11.3 Å². The first kappa shape index (κ1) is 15.7. The first-order valence-corrected chi connectivity index (χ1v) is 8.50. The maximum atomic E-state index is 12.3. The fraction of sp³-hybridized carbons (Fsp3) is 0.353. The van der Waals surface area contributed by atoms with E-state index in [2.05, 4.69) is 10.3 Å². The Kier molecular flexibility index (Phi) is 4.71. The van der Waals surface area contributed by atoms with Crippen LogP contribution >= 0.6 is 11.3 Å². The zero-order chi connectivity index (χ0) is 16.2. The molecule has 1 aliphatic heterocycles. The molecule has 1 aromatic carbocycles. The van der Waals surface area contributed by atoms with Crippen molar-refractivity contribution in [1.29, 1.82) is 0 Å². The van der Waals surface area contributed by atoms with Gasteiger partial charge < -0.3 is 10.2 Å². The quantitative estimate of drug-likeness (QED) is 0.914. The Morgan fingerprint density at radius 3 is 2.87 bits per heavy atom. The van der Waals surface area contributed by atoms with Crippen LogP contribution in [-0.4, -0.2) is 28.2 Å². The summed E-state index contributed by atoms with van der Waals surface area (Å²) in [6, 6.07) is 9.84. The van der Waals surface area contributed by atoms with Crippen molar-refractivity contribution in [2.75, 3.05) is 6.54 Å². The Labute approximate surface area is 139 Å². The van der Waals surface area contributed by atoms with E-state index in [0.29, 0.717) is 19.6 Å². The monoisotopic (exact) mass is 329 g/mol. The largest absolute Gasteiger partial charge is 0.349 e. The molecule has 2 aromatic rings. The highest BCUT2D eigenvalue weighted by Crippen LogP contribution is 2.20. The summed E-state index contributed by atoms with van der Waals surface area (Å²) in [6.07, 6.45) is 0.287. The molecule has 2 amide bonds. The lowest BCUT2D eigenvalue weighted by Crippen LogP contribution is -2.32. The van der Waals surface area contributed by atoms with Crippen LogP contribution < -0.4 is 5.32 Å². The Balaban J connectivity index is 1.53. The zero-order valence-electron chi connectivity index (χ0n) is 13.0. The highest BCUT2D eigenvalue weighted by Gasteiger charge is 2.34. The van der Waals surface area contributed by atoms with E-state index in [4.69, 9.17) is 0 Å². The molecule has 5 nitrogen and oxygen atoms in total. The number of carbonyl (C=O) groups excluding carboxylic acids is 2. The van der Waals surface area contributed by atoms with E-state index in [-0.39, 0.29) is 24.2 Å². The molecule has 0 bridgehead atoms. The van der Waals surface area contributed by atoms with Crippen molar-refractivity contribution in [2.24, 2.45) is 5.92 Å². The third kappa shape index (κ3) is 3.96. The lowest BCUT2D eigenvalue weighted by atomic mass is 10.1. The predicted molar refractivity (Wildman–Crippen MR) is 88.7 cm³/mol. The summed E-state index contributed by atoms with van der Waals surface area (Å²) in [5, 5.41) is 5.74. The number of benzene rings is 1. The fourth-order valence-corrected chi connectivity index (χ4v) is 3.41. The maximum Gasteiger partial charge on any atom is 0.225 e. The van der Waals surface area contributed by atoms with Crippen molar-refractivity contribution in [1.82, 2.24) is 15.2 Å². The average Bonchev–Trinajstić information content (AvgIpc) is 3.12. The molecule has 23 heavy (non-hydrogen) atoms. The van der Waals surface area contributed by atoms with Gasteiger partial charge in [-0.15, -0.1) is 11.3 Å². The van der Waals surface area contributed by atoms with Crippen LogP contribution in [0.2, 0.25) is 0 Å². The number of aromatic nitrogens is 1. The van der Waals surface area contributed by atoms with Gasteiger partial charge in [0.05, 0.1) is 12.5 Å². The van der Waals surface area contributed by atoms with Crippen LogP contribution in [0.25, 0.3) is 0 Å². The molecule has 1 aliphatic rings. The van der Waals surface area contributed by atoms with Crippen LogP contribution in [0.3, 0.4) is 0 Å². The molecule has 120 valence electrons. The summed E-state index contributed by atoms with van der Waals surface area (Å²) in [5.41, 5.74) is 2.05. The number of likely N-dealkylation sites (tertiary alicyclic amines) is 1. The Hall–Kier alpha value is -2.21. The summed E-state index contributed by atoms with van der Waals surface area (Å²) in [6.45, 7) is 3.41. The van der Waals surface area contributed by atoms with E-state index in [1.807, 2.05) is 42.6 Å². The second kappa shape index (κ2) is 6.91. The summed E-state index contributed by atoms with van der Waals surface area (Å²) < 4.78 is 0. The van der Waals surface area contributed by atoms with Crippen LogP contribution in [0.4, 0.5) is 0 Å². The minimum absolute atomic E-state index is 0.0408. The fourth-order valence-electron chi connectivity index (χ4n) is 2.70. The number of carbonyl (C=O) groups is 2. The number of rotatable bonds is 5. The third-order valence-electron chi connectivity index (χ3n) is 3.88. The number of nitrogens with one attached hydrogen (secondary N) is 1. The Morgan fingerprint density at radius 1 is 1.39 bits per heavy atom. The van der Waals surface area contributed by atoms with Crippen LogP contribution in [0, 0.1) is 12.8 Å². The van der Waals surface area contributed by atoms with Crippen molar-refractivity contribution in [2.45, 2.75) is 26.4 Å². The number of hydrogen-bond donors (Lipinski definition) is 1. The van der Waals surface area contributed by atoms with E-state index in [0.717, 1.165) is 16.3 Å². The summed E-state index contributed by atoms with van der Waals surface area (Å²) >= 11 is 1.53. The van der Waals surface area contributed by atoms with Gasteiger partial charge in [0.2, 0.25) is 11.8 Å². The molecule has 0 aliphatic carbocycles. The number of aryl methyl sites for hydroxylation is 1. The topological polar surface area (TPSA) is 62.3 Å². The minimum atomic E-state index is -0.271. The van der Waals surface area contributed by atoms with Gasteiger partial charge in [-0.05, 0) is 12.5 Å². The molecule has 0 radical (unpaired) electrons. The van der Waals surface area contributed by atoms with Gasteiger partial charge in [-0.1, -0.05) is 30.3 Å². The molecule has 1 fully saturated rings. The minimum Gasteiger partial charge on any atom is -0.349 e. The normalized spacial score (nSPS) is 17.5. The third-order valence-corrected chi connectivity index (χ3v) is 4.85. The van der Waals surface area contributed by atoms with E-state index in [9.17, 15) is 9.59 Å².